The number of halogens is 1. The molecule has 0 spiro atoms. The van der Waals surface area contributed by atoms with Crippen LogP contribution in [0, 0.1) is 0 Å². The van der Waals surface area contributed by atoms with Gasteiger partial charge in [0.2, 0.25) is 0 Å². The van der Waals surface area contributed by atoms with Crippen LogP contribution < -0.4 is 16.6 Å². The van der Waals surface area contributed by atoms with E-state index < -0.39 is 0 Å². The van der Waals surface area contributed by atoms with Crippen molar-refractivity contribution < 1.29 is 4.79 Å². The van der Waals surface area contributed by atoms with Crippen molar-refractivity contribution in [3.05, 3.63) is 34.7 Å². The van der Waals surface area contributed by atoms with E-state index in [0.717, 1.165) is 6.54 Å². The molecule has 0 unspecified atom stereocenters. The van der Waals surface area contributed by atoms with E-state index in [1.807, 2.05) is 6.92 Å². The van der Waals surface area contributed by atoms with E-state index in [0.29, 0.717) is 21.5 Å². The molecule has 0 bridgehead atoms. The number of hydrazine groups is 1. The number of anilines is 2. The first-order valence-electron chi connectivity index (χ1n) is 5.60. The van der Waals surface area contributed by atoms with Crippen molar-refractivity contribution in [1.29, 1.82) is 0 Å². The average Bonchev–Trinajstić information content (AvgIpc) is 2.86. The number of rotatable bonds is 4. The number of carbonyl (C=O) groups excluding carboxylic acids is 1. The van der Waals surface area contributed by atoms with Crippen LogP contribution in [0.2, 0.25) is 0 Å². The van der Waals surface area contributed by atoms with Crippen LogP contribution in [0.15, 0.2) is 29.1 Å². The molecule has 4 N–H and O–H groups in total. The third-order valence-electron chi connectivity index (χ3n) is 2.45. The zero-order valence-corrected chi connectivity index (χ0v) is 11.8. The number of hydrogen-bond acceptors (Lipinski definition) is 5. The summed E-state index contributed by atoms with van der Waals surface area (Å²) in [4.78, 5) is 16.2. The summed E-state index contributed by atoms with van der Waals surface area (Å²) in [6, 6.07) is 1.64. The predicted molar refractivity (Wildman–Crippen MR) is 75.6 cm³/mol. The van der Waals surface area contributed by atoms with Crippen molar-refractivity contribution in [2.24, 2.45) is 5.84 Å². The van der Waals surface area contributed by atoms with Crippen molar-refractivity contribution in [3.63, 3.8) is 0 Å². The minimum Gasteiger partial charge on any atom is -0.319 e. The summed E-state index contributed by atoms with van der Waals surface area (Å²) in [5.74, 6) is 5.33. The average molecular weight is 325 g/mol. The smallest absolute Gasteiger partial charge is 0.259 e. The van der Waals surface area contributed by atoms with Crippen molar-refractivity contribution in [2.75, 3.05) is 10.7 Å². The summed E-state index contributed by atoms with van der Waals surface area (Å²) in [5, 5.41) is 6.81. The number of amides is 1. The van der Waals surface area contributed by atoms with Crippen LogP contribution in [0.4, 0.5) is 11.5 Å². The first kappa shape index (κ1) is 13.5. The van der Waals surface area contributed by atoms with Crippen LogP contribution in [0.5, 0.6) is 0 Å². The van der Waals surface area contributed by atoms with Crippen molar-refractivity contribution >= 4 is 33.3 Å². The molecule has 2 aromatic rings. The highest BCUT2D eigenvalue weighted by Gasteiger charge is 2.13. The van der Waals surface area contributed by atoms with Crippen LogP contribution >= 0.6 is 15.9 Å². The number of nitrogens with zero attached hydrogens (tertiary/aromatic N) is 3. The molecule has 2 rings (SSSR count). The summed E-state index contributed by atoms with van der Waals surface area (Å²) >= 11 is 3.27. The molecule has 7 nitrogen and oxygen atoms in total. The molecular formula is C11H13BrN6O. The maximum atomic E-state index is 12.1. The van der Waals surface area contributed by atoms with Gasteiger partial charge in [-0.05, 0) is 28.9 Å². The Kier molecular flexibility index (Phi) is 4.13. The van der Waals surface area contributed by atoms with E-state index in [-0.39, 0.29) is 5.91 Å². The fraction of sp³-hybridized carbons (Fsp3) is 0.182. The van der Waals surface area contributed by atoms with Gasteiger partial charge in [-0.1, -0.05) is 0 Å². The fourth-order valence-corrected chi connectivity index (χ4v) is 1.86. The minimum absolute atomic E-state index is 0.308. The van der Waals surface area contributed by atoms with E-state index in [9.17, 15) is 4.79 Å². The normalized spacial score (nSPS) is 10.3. The van der Waals surface area contributed by atoms with Gasteiger partial charge in [0.15, 0.2) is 5.82 Å². The summed E-state index contributed by atoms with van der Waals surface area (Å²) in [5.41, 5.74) is 3.36. The van der Waals surface area contributed by atoms with Crippen molar-refractivity contribution in [2.45, 2.75) is 13.5 Å². The van der Waals surface area contributed by atoms with Crippen LogP contribution in [0.3, 0.4) is 0 Å². The Balaban J connectivity index is 2.21. The molecule has 0 aromatic carbocycles. The zero-order chi connectivity index (χ0) is 13.8. The molecule has 0 fully saturated rings. The summed E-state index contributed by atoms with van der Waals surface area (Å²) in [6.45, 7) is 2.71. The molecule has 0 saturated carbocycles. The van der Waals surface area contributed by atoms with Crippen LogP contribution in [-0.2, 0) is 6.54 Å². The largest absolute Gasteiger partial charge is 0.319 e. The Morgan fingerprint density at radius 3 is 2.95 bits per heavy atom. The Bertz CT molecular complexity index is 597. The quantitative estimate of drug-likeness (QED) is 0.586. The van der Waals surface area contributed by atoms with Crippen LogP contribution in [-0.4, -0.2) is 20.7 Å². The Morgan fingerprint density at radius 1 is 1.53 bits per heavy atom. The molecule has 19 heavy (non-hydrogen) atoms. The van der Waals surface area contributed by atoms with E-state index >= 15 is 0 Å². The summed E-state index contributed by atoms with van der Waals surface area (Å²) in [6.07, 6.45) is 4.89. The molecule has 0 aliphatic rings. The van der Waals surface area contributed by atoms with Gasteiger partial charge in [0, 0.05) is 23.4 Å². The molecule has 2 heterocycles. The van der Waals surface area contributed by atoms with Gasteiger partial charge >= 0.3 is 0 Å². The molecular weight excluding hydrogens is 312 g/mol. The minimum atomic E-state index is -0.308. The highest BCUT2D eigenvalue weighted by molar-refractivity contribution is 9.10. The predicted octanol–water partition coefficient (Wildman–Crippen LogP) is 1.60. The van der Waals surface area contributed by atoms with E-state index in [2.05, 4.69) is 36.8 Å². The third-order valence-corrected chi connectivity index (χ3v) is 2.88. The van der Waals surface area contributed by atoms with Crippen molar-refractivity contribution in [3.8, 4) is 0 Å². The number of carbonyl (C=O) groups is 1. The first-order valence-corrected chi connectivity index (χ1v) is 6.39. The molecule has 0 radical (unpaired) electrons. The second-order valence-electron chi connectivity index (χ2n) is 3.73. The first-order chi connectivity index (χ1) is 9.13. The van der Waals surface area contributed by atoms with E-state index in [1.165, 1.54) is 0 Å². The maximum Gasteiger partial charge on any atom is 0.259 e. The van der Waals surface area contributed by atoms with Gasteiger partial charge in [0.1, 0.15) is 0 Å². The molecule has 1 amide bonds. The van der Waals surface area contributed by atoms with Crippen molar-refractivity contribution in [1.82, 2.24) is 14.8 Å². The molecule has 8 heteroatoms. The molecule has 100 valence electrons. The fourth-order valence-electron chi connectivity index (χ4n) is 1.53. The summed E-state index contributed by atoms with van der Waals surface area (Å²) < 4.78 is 2.41. The lowest BCUT2D eigenvalue weighted by atomic mass is 10.2. The van der Waals surface area contributed by atoms with Crippen LogP contribution in [0.1, 0.15) is 17.3 Å². The van der Waals surface area contributed by atoms with E-state index in [1.54, 1.807) is 29.3 Å². The van der Waals surface area contributed by atoms with Gasteiger partial charge in [-0.15, -0.1) is 0 Å². The lowest BCUT2D eigenvalue weighted by molar-refractivity contribution is 0.102. The van der Waals surface area contributed by atoms with Crippen LogP contribution in [0.25, 0.3) is 0 Å². The topological polar surface area (TPSA) is 97.9 Å². The number of aromatic nitrogens is 3. The second-order valence-corrected chi connectivity index (χ2v) is 4.65. The lowest BCUT2D eigenvalue weighted by Crippen LogP contribution is -2.18. The number of nitrogens with one attached hydrogen (secondary N) is 2. The van der Waals surface area contributed by atoms with E-state index in [4.69, 9.17) is 5.84 Å². The van der Waals surface area contributed by atoms with Gasteiger partial charge in [-0.2, -0.15) is 5.10 Å². The number of nitrogen functional groups attached to an aromatic ring is 1. The van der Waals surface area contributed by atoms with Gasteiger partial charge in [0.05, 0.1) is 17.4 Å². The number of pyridine rings is 1. The monoisotopic (exact) mass is 324 g/mol. The highest BCUT2D eigenvalue weighted by atomic mass is 79.9. The molecule has 0 atom stereocenters. The van der Waals surface area contributed by atoms with Gasteiger partial charge in [-0.25, -0.2) is 10.8 Å². The molecule has 0 saturated heterocycles. The standard InChI is InChI=1S/C11H13BrN6O/c1-2-18-6-8(5-15-18)16-11(19)9-3-7(12)4-14-10(9)17-13/h3-6H,2,13H2,1H3,(H,14,17)(H,16,19). The molecule has 2 aromatic heterocycles. The second kappa shape index (κ2) is 5.81. The SMILES string of the molecule is CCn1cc(NC(=O)c2cc(Br)cnc2NN)cn1. The Morgan fingerprint density at radius 2 is 2.32 bits per heavy atom. The molecule has 0 aliphatic heterocycles. The Hall–Kier alpha value is -1.93. The number of hydrogen-bond donors (Lipinski definition) is 3. The number of aryl methyl sites for hydroxylation is 1. The number of nitrogens with two attached hydrogens (primary N) is 1. The van der Waals surface area contributed by atoms with Gasteiger partial charge in [0.25, 0.3) is 5.91 Å². The third kappa shape index (κ3) is 3.09. The maximum absolute atomic E-state index is 12.1. The Labute approximate surface area is 118 Å². The summed E-state index contributed by atoms with van der Waals surface area (Å²) in [7, 11) is 0. The molecule has 0 aliphatic carbocycles. The zero-order valence-electron chi connectivity index (χ0n) is 10.2. The van der Waals surface area contributed by atoms with Gasteiger partial charge < -0.3 is 10.7 Å². The van der Waals surface area contributed by atoms with Gasteiger partial charge in [-0.3, -0.25) is 9.48 Å². The lowest BCUT2D eigenvalue weighted by Gasteiger charge is -2.07. The highest BCUT2D eigenvalue weighted by Crippen LogP contribution is 2.18.